The van der Waals surface area contributed by atoms with Crippen molar-refractivity contribution in [1.82, 2.24) is 0 Å². The Morgan fingerprint density at radius 2 is 1.58 bits per heavy atom. The number of carbonyl (C=O) groups is 3. The predicted octanol–water partition coefficient (Wildman–Crippen LogP) is 7.42. The van der Waals surface area contributed by atoms with Gasteiger partial charge in [-0.2, -0.15) is 0 Å². The highest BCUT2D eigenvalue weighted by Crippen LogP contribution is 2.73. The van der Waals surface area contributed by atoms with E-state index in [1.165, 1.54) is 26.2 Å². The fourth-order valence-electron chi connectivity index (χ4n) is 10.3. The molecule has 9 atom stereocenters. The number of esters is 1. The van der Waals surface area contributed by atoms with E-state index in [9.17, 15) is 14.4 Å². The molecule has 4 nitrogen and oxygen atoms in total. The summed E-state index contributed by atoms with van der Waals surface area (Å²) in [7, 11) is 0. The Labute approximate surface area is 220 Å². The van der Waals surface area contributed by atoms with E-state index in [4.69, 9.17) is 4.74 Å². The molecule has 4 aliphatic carbocycles. The first-order chi connectivity index (χ1) is 16.6. The van der Waals surface area contributed by atoms with Crippen LogP contribution in [0.1, 0.15) is 120 Å². The van der Waals surface area contributed by atoms with Crippen molar-refractivity contribution in [2.45, 2.75) is 126 Å². The lowest BCUT2D eigenvalue weighted by Crippen LogP contribution is -2.67. The Morgan fingerprint density at radius 1 is 0.917 bits per heavy atom. The number of carbonyl (C=O) groups excluding carboxylic acids is 3. The number of fused-ring (bicyclic) bond motifs is 5. The van der Waals surface area contributed by atoms with Crippen LogP contribution in [0.2, 0.25) is 0 Å². The molecule has 4 saturated carbocycles. The van der Waals surface area contributed by atoms with E-state index in [0.29, 0.717) is 36.2 Å². The largest absolute Gasteiger partial charge is 0.462 e. The fraction of sp³-hybridized carbons (Fsp3) is 0.906. The van der Waals surface area contributed by atoms with E-state index >= 15 is 0 Å². The van der Waals surface area contributed by atoms with Crippen LogP contribution in [-0.4, -0.2) is 23.6 Å². The lowest BCUT2D eigenvalue weighted by molar-refractivity contribution is -0.206. The number of rotatable bonds is 6. The topological polar surface area (TPSA) is 60.4 Å². The second-order valence-electron chi connectivity index (χ2n) is 15.1. The van der Waals surface area contributed by atoms with E-state index in [2.05, 4.69) is 55.4 Å². The number of ether oxygens (including phenoxy) is 1. The van der Waals surface area contributed by atoms with Gasteiger partial charge in [0.2, 0.25) is 0 Å². The van der Waals surface area contributed by atoms with Crippen LogP contribution in [0.25, 0.3) is 0 Å². The molecule has 0 amide bonds. The van der Waals surface area contributed by atoms with Gasteiger partial charge in [-0.1, -0.05) is 74.7 Å². The second kappa shape index (κ2) is 9.23. The van der Waals surface area contributed by atoms with E-state index in [0.717, 1.165) is 31.6 Å². The van der Waals surface area contributed by atoms with Gasteiger partial charge in [0.1, 0.15) is 17.7 Å². The second-order valence-corrected chi connectivity index (χ2v) is 15.1. The Morgan fingerprint density at radius 3 is 2.19 bits per heavy atom. The van der Waals surface area contributed by atoms with Crippen LogP contribution in [-0.2, 0) is 19.1 Å². The summed E-state index contributed by atoms with van der Waals surface area (Å²) in [5.74, 6) is 1.89. The van der Waals surface area contributed by atoms with Crippen LogP contribution in [0, 0.1) is 57.2 Å². The zero-order valence-corrected chi connectivity index (χ0v) is 24.5. The number of hydrogen-bond donors (Lipinski definition) is 0. The summed E-state index contributed by atoms with van der Waals surface area (Å²) in [6.07, 6.45) is 8.48. The van der Waals surface area contributed by atoms with Gasteiger partial charge in [0.05, 0.1) is 0 Å². The van der Waals surface area contributed by atoms with Crippen molar-refractivity contribution in [2.24, 2.45) is 57.2 Å². The Hall–Kier alpha value is -1.19. The maximum Gasteiger partial charge on any atom is 0.302 e. The van der Waals surface area contributed by atoms with E-state index in [-0.39, 0.29) is 51.5 Å². The first-order valence-corrected chi connectivity index (χ1v) is 14.8. The summed E-state index contributed by atoms with van der Waals surface area (Å²) in [5.41, 5.74) is -0.776. The van der Waals surface area contributed by atoms with Gasteiger partial charge < -0.3 is 4.74 Å². The van der Waals surface area contributed by atoms with Crippen LogP contribution in [0.5, 0.6) is 0 Å². The first kappa shape index (κ1) is 27.8. The van der Waals surface area contributed by atoms with Crippen molar-refractivity contribution in [3.05, 3.63) is 0 Å². The summed E-state index contributed by atoms with van der Waals surface area (Å²) >= 11 is 0. The molecule has 4 fully saturated rings. The average molecular weight is 501 g/mol. The molecule has 4 rings (SSSR count). The molecule has 0 bridgehead atoms. The van der Waals surface area contributed by atoms with Crippen LogP contribution < -0.4 is 0 Å². The van der Waals surface area contributed by atoms with E-state index in [1.54, 1.807) is 0 Å². The molecule has 0 N–H and O–H groups in total. The van der Waals surface area contributed by atoms with Crippen molar-refractivity contribution >= 4 is 17.5 Å². The summed E-state index contributed by atoms with van der Waals surface area (Å²) in [6.45, 7) is 19.8. The zero-order valence-electron chi connectivity index (χ0n) is 24.5. The van der Waals surface area contributed by atoms with Crippen LogP contribution in [0.15, 0.2) is 0 Å². The lowest BCUT2D eigenvalue weighted by atomic mass is 9.37. The molecule has 1 unspecified atom stereocenters. The molecule has 4 heteroatoms. The van der Waals surface area contributed by atoms with Gasteiger partial charge in [-0.05, 0) is 65.6 Å². The van der Waals surface area contributed by atoms with Gasteiger partial charge in [0, 0.05) is 37.0 Å². The quantitative estimate of drug-likeness (QED) is 0.356. The van der Waals surface area contributed by atoms with Crippen LogP contribution >= 0.6 is 0 Å². The third-order valence-electron chi connectivity index (χ3n) is 12.4. The summed E-state index contributed by atoms with van der Waals surface area (Å²) < 4.78 is 5.76. The SMILES string of the molecule is CC(=O)OC1CC[C@]2(C)[C@H]3C(=O)C[C@@]4(C)[C@H]([C@H](C)CCCC(C)C)CC[C@]4(C)[C@@H]3C(=O)C[C@H]2C1(C)C. The number of ketones is 2. The van der Waals surface area contributed by atoms with Crippen molar-refractivity contribution in [3.8, 4) is 0 Å². The molecule has 0 heterocycles. The molecule has 4 aliphatic rings. The zero-order chi connectivity index (χ0) is 26.8. The minimum Gasteiger partial charge on any atom is -0.462 e. The van der Waals surface area contributed by atoms with Gasteiger partial charge in [-0.3, -0.25) is 14.4 Å². The minimum atomic E-state index is -0.329. The monoisotopic (exact) mass is 500 g/mol. The Balaban J connectivity index is 1.65. The van der Waals surface area contributed by atoms with Crippen LogP contribution in [0.3, 0.4) is 0 Å². The molecule has 36 heavy (non-hydrogen) atoms. The summed E-state index contributed by atoms with van der Waals surface area (Å²) in [5, 5.41) is 0. The molecule has 0 aromatic carbocycles. The lowest BCUT2D eigenvalue weighted by Gasteiger charge is -2.65. The third-order valence-corrected chi connectivity index (χ3v) is 12.4. The van der Waals surface area contributed by atoms with Crippen molar-refractivity contribution in [1.29, 1.82) is 0 Å². The molecule has 0 spiro atoms. The maximum absolute atomic E-state index is 14.2. The minimum absolute atomic E-state index is 0.0564. The summed E-state index contributed by atoms with van der Waals surface area (Å²) in [6, 6.07) is 0. The van der Waals surface area contributed by atoms with Crippen molar-refractivity contribution in [3.63, 3.8) is 0 Å². The van der Waals surface area contributed by atoms with Gasteiger partial charge in [0.15, 0.2) is 0 Å². The van der Waals surface area contributed by atoms with E-state index in [1.807, 2.05) is 0 Å². The fourth-order valence-corrected chi connectivity index (χ4v) is 10.3. The van der Waals surface area contributed by atoms with Gasteiger partial charge in [-0.25, -0.2) is 0 Å². The molecule has 0 radical (unpaired) electrons. The highest BCUT2D eigenvalue weighted by Gasteiger charge is 2.72. The molecule has 0 aromatic heterocycles. The number of Topliss-reactive ketones (excluding diaryl/α,β-unsaturated/α-hetero) is 2. The number of hydrogen-bond acceptors (Lipinski definition) is 4. The molecule has 0 aromatic rings. The molecule has 0 saturated heterocycles. The van der Waals surface area contributed by atoms with Crippen LogP contribution in [0.4, 0.5) is 0 Å². The molecule has 0 aliphatic heterocycles. The first-order valence-electron chi connectivity index (χ1n) is 14.8. The van der Waals surface area contributed by atoms with Crippen molar-refractivity contribution < 1.29 is 19.1 Å². The standard InChI is InChI=1S/C32H52O4/c1-19(2)11-10-12-20(3)22-13-16-31(8)28-23(34)17-25-29(5,6)26(36-21(4)33)14-15-30(25,7)27(28)24(35)18-32(22,31)9/h19-20,22,25-28H,10-18H2,1-9H3/t20-,22+,25+,26?,27+,28-,30+,31-,32+/m1/s1. The average Bonchev–Trinajstić information content (AvgIpc) is 3.02. The Bertz CT molecular complexity index is 904. The normalized spacial score (nSPS) is 44.6. The molecular weight excluding hydrogens is 448 g/mol. The van der Waals surface area contributed by atoms with Gasteiger partial charge in [-0.15, -0.1) is 0 Å². The van der Waals surface area contributed by atoms with Gasteiger partial charge >= 0.3 is 5.97 Å². The predicted molar refractivity (Wildman–Crippen MR) is 143 cm³/mol. The molecular formula is C32H52O4. The highest BCUT2D eigenvalue weighted by atomic mass is 16.5. The molecule has 204 valence electrons. The summed E-state index contributed by atoms with van der Waals surface area (Å²) in [4.78, 5) is 40.2. The van der Waals surface area contributed by atoms with E-state index < -0.39 is 0 Å². The van der Waals surface area contributed by atoms with Crippen molar-refractivity contribution in [2.75, 3.05) is 0 Å². The highest BCUT2D eigenvalue weighted by molar-refractivity contribution is 5.95. The Kier molecular flexibility index (Phi) is 7.13. The third kappa shape index (κ3) is 4.03. The smallest absolute Gasteiger partial charge is 0.302 e. The maximum atomic E-state index is 14.2. The van der Waals surface area contributed by atoms with Gasteiger partial charge in [0.25, 0.3) is 0 Å².